The molecule has 2 rings (SSSR count). The van der Waals surface area contributed by atoms with Gasteiger partial charge < -0.3 is 10.0 Å². The van der Waals surface area contributed by atoms with Crippen LogP contribution < -0.4 is 0 Å². The maximum absolute atomic E-state index is 11.4. The van der Waals surface area contributed by atoms with E-state index < -0.39 is 6.23 Å². The Bertz CT molecular complexity index is 207. The van der Waals surface area contributed by atoms with E-state index in [4.69, 9.17) is 0 Å². The second-order valence-corrected chi connectivity index (χ2v) is 3.56. The quantitative estimate of drug-likeness (QED) is 0.565. The van der Waals surface area contributed by atoms with Crippen LogP contribution in [0.2, 0.25) is 0 Å². The number of hydrogen-bond acceptors (Lipinski definition) is 2. The number of fused-ring (bicyclic) bond motifs is 1. The molecule has 2 amide bonds. The zero-order valence-electron chi connectivity index (χ0n) is 7.23. The number of rotatable bonds is 0. The van der Waals surface area contributed by atoms with E-state index in [-0.39, 0.29) is 12.1 Å². The Morgan fingerprint density at radius 2 is 2.25 bits per heavy atom. The molecule has 0 aromatic heterocycles. The molecule has 2 fully saturated rings. The molecule has 0 aromatic rings. The summed E-state index contributed by atoms with van der Waals surface area (Å²) in [7, 11) is 1.66. The normalized spacial score (nSPS) is 35.7. The van der Waals surface area contributed by atoms with Gasteiger partial charge in [-0.25, -0.2) is 4.79 Å². The van der Waals surface area contributed by atoms with Gasteiger partial charge in [-0.1, -0.05) is 0 Å². The topological polar surface area (TPSA) is 43.8 Å². The number of nitrogens with zero attached hydrogens (tertiary/aromatic N) is 2. The minimum atomic E-state index is -0.585. The highest BCUT2D eigenvalue weighted by Crippen LogP contribution is 2.27. The molecular weight excluding hydrogens is 156 g/mol. The summed E-state index contributed by atoms with van der Waals surface area (Å²) < 4.78 is 0. The molecule has 0 radical (unpaired) electrons. The number of likely N-dealkylation sites (N-methyl/N-ethyl adjacent to an activating group) is 1. The molecule has 2 unspecified atom stereocenters. The Balaban J connectivity index is 2.19. The van der Waals surface area contributed by atoms with Crippen molar-refractivity contribution >= 4 is 6.03 Å². The predicted octanol–water partition coefficient (Wildman–Crippen LogP) is 0.225. The van der Waals surface area contributed by atoms with Gasteiger partial charge in [0.25, 0.3) is 0 Å². The minimum absolute atomic E-state index is 0.0211. The van der Waals surface area contributed by atoms with Crippen molar-refractivity contribution in [1.29, 1.82) is 0 Å². The van der Waals surface area contributed by atoms with Gasteiger partial charge in [0.2, 0.25) is 0 Å². The molecule has 0 aromatic carbocycles. The summed E-state index contributed by atoms with van der Waals surface area (Å²) in [4.78, 5) is 14.7. The van der Waals surface area contributed by atoms with Gasteiger partial charge in [0.05, 0.1) is 6.04 Å². The van der Waals surface area contributed by atoms with Gasteiger partial charge in [-0.05, 0) is 19.3 Å². The van der Waals surface area contributed by atoms with Crippen LogP contribution in [0.3, 0.4) is 0 Å². The van der Waals surface area contributed by atoms with Crippen LogP contribution in [-0.4, -0.2) is 46.8 Å². The van der Waals surface area contributed by atoms with E-state index in [0.29, 0.717) is 0 Å². The van der Waals surface area contributed by atoms with E-state index in [0.717, 1.165) is 25.8 Å². The van der Waals surface area contributed by atoms with Crippen molar-refractivity contribution in [3.8, 4) is 0 Å². The highest BCUT2D eigenvalue weighted by Gasteiger charge is 2.43. The number of piperidine rings is 1. The molecule has 1 N–H and O–H groups in total. The first-order valence-electron chi connectivity index (χ1n) is 4.43. The van der Waals surface area contributed by atoms with Gasteiger partial charge in [-0.3, -0.25) is 4.90 Å². The van der Waals surface area contributed by atoms with Crippen LogP contribution in [0.4, 0.5) is 4.79 Å². The minimum Gasteiger partial charge on any atom is -0.371 e. The molecule has 0 aliphatic carbocycles. The fourth-order valence-electron chi connectivity index (χ4n) is 2.08. The summed E-state index contributed by atoms with van der Waals surface area (Å²) in [5.41, 5.74) is 0. The molecule has 0 spiro atoms. The average molecular weight is 170 g/mol. The van der Waals surface area contributed by atoms with Crippen molar-refractivity contribution in [2.24, 2.45) is 0 Å². The molecule has 0 saturated carbocycles. The van der Waals surface area contributed by atoms with Crippen molar-refractivity contribution in [2.75, 3.05) is 13.6 Å². The smallest absolute Gasteiger partial charge is 0.322 e. The Labute approximate surface area is 71.8 Å². The SMILES string of the molecule is CN1C(=O)N2CCCCC2C1O. The molecule has 2 heterocycles. The molecule has 2 saturated heterocycles. The van der Waals surface area contributed by atoms with Gasteiger partial charge in [-0.15, -0.1) is 0 Å². The number of carbonyl (C=O) groups excluding carboxylic acids is 1. The van der Waals surface area contributed by atoms with E-state index in [1.54, 1.807) is 11.9 Å². The Hall–Kier alpha value is -0.770. The second-order valence-electron chi connectivity index (χ2n) is 3.56. The van der Waals surface area contributed by atoms with E-state index in [1.165, 1.54) is 4.90 Å². The number of carbonyl (C=O) groups is 1. The van der Waals surface area contributed by atoms with Crippen molar-refractivity contribution in [3.63, 3.8) is 0 Å². The van der Waals surface area contributed by atoms with Gasteiger partial charge in [0, 0.05) is 13.6 Å². The first-order chi connectivity index (χ1) is 5.72. The van der Waals surface area contributed by atoms with Crippen LogP contribution in [0.15, 0.2) is 0 Å². The molecule has 2 atom stereocenters. The molecule has 0 bridgehead atoms. The van der Waals surface area contributed by atoms with Crippen LogP contribution in [0, 0.1) is 0 Å². The van der Waals surface area contributed by atoms with Crippen LogP contribution in [0.1, 0.15) is 19.3 Å². The van der Waals surface area contributed by atoms with Crippen LogP contribution in [0.5, 0.6) is 0 Å². The first kappa shape index (κ1) is 7.86. The summed E-state index contributed by atoms with van der Waals surface area (Å²) in [6.07, 6.45) is 2.55. The number of aliphatic hydroxyl groups is 1. The van der Waals surface area contributed by atoms with Gasteiger partial charge in [-0.2, -0.15) is 0 Å². The number of aliphatic hydroxyl groups excluding tert-OH is 1. The lowest BCUT2D eigenvalue weighted by Gasteiger charge is -2.28. The standard InChI is InChI=1S/C8H14N2O2/c1-9-7(11)6-4-2-3-5-10(6)8(9)12/h6-7,11H,2-5H2,1H3. The third kappa shape index (κ3) is 0.909. The zero-order valence-corrected chi connectivity index (χ0v) is 7.23. The summed E-state index contributed by atoms with van der Waals surface area (Å²) in [6.45, 7) is 0.810. The van der Waals surface area contributed by atoms with Gasteiger partial charge in [0.1, 0.15) is 0 Å². The lowest BCUT2D eigenvalue weighted by atomic mass is 10.0. The summed E-state index contributed by atoms with van der Waals surface area (Å²) in [6, 6.07) is 0.0310. The second kappa shape index (κ2) is 2.62. The number of amides is 2. The summed E-state index contributed by atoms with van der Waals surface area (Å²) in [5.74, 6) is 0. The lowest BCUT2D eigenvalue weighted by molar-refractivity contribution is 0.0351. The van der Waals surface area contributed by atoms with E-state index >= 15 is 0 Å². The molecule has 4 nitrogen and oxygen atoms in total. The third-order valence-electron chi connectivity index (χ3n) is 2.84. The van der Waals surface area contributed by atoms with Crippen molar-refractivity contribution in [2.45, 2.75) is 31.5 Å². The van der Waals surface area contributed by atoms with Crippen LogP contribution >= 0.6 is 0 Å². The molecule has 4 heteroatoms. The van der Waals surface area contributed by atoms with E-state index in [9.17, 15) is 9.90 Å². The van der Waals surface area contributed by atoms with Crippen LogP contribution in [0.25, 0.3) is 0 Å². The predicted molar refractivity (Wildman–Crippen MR) is 43.5 cm³/mol. The van der Waals surface area contributed by atoms with Crippen molar-refractivity contribution in [3.05, 3.63) is 0 Å². The number of hydrogen-bond donors (Lipinski definition) is 1. The molecular formula is C8H14N2O2. The molecule has 2 aliphatic rings. The fraction of sp³-hybridized carbons (Fsp3) is 0.875. The largest absolute Gasteiger partial charge is 0.371 e. The summed E-state index contributed by atoms with van der Waals surface area (Å²) in [5, 5.41) is 9.63. The third-order valence-corrected chi connectivity index (χ3v) is 2.84. The molecule has 68 valence electrons. The van der Waals surface area contributed by atoms with Crippen molar-refractivity contribution < 1.29 is 9.90 Å². The van der Waals surface area contributed by atoms with Crippen LogP contribution in [-0.2, 0) is 0 Å². The van der Waals surface area contributed by atoms with Gasteiger partial charge in [0.15, 0.2) is 6.23 Å². The highest BCUT2D eigenvalue weighted by atomic mass is 16.3. The highest BCUT2D eigenvalue weighted by molar-refractivity contribution is 5.77. The lowest BCUT2D eigenvalue weighted by Crippen LogP contribution is -2.40. The van der Waals surface area contributed by atoms with Gasteiger partial charge >= 0.3 is 6.03 Å². The average Bonchev–Trinajstić information content (AvgIpc) is 2.33. The molecule has 12 heavy (non-hydrogen) atoms. The fourth-order valence-corrected chi connectivity index (χ4v) is 2.08. The van der Waals surface area contributed by atoms with Crippen molar-refractivity contribution in [1.82, 2.24) is 9.80 Å². The number of urea groups is 1. The monoisotopic (exact) mass is 170 g/mol. The molecule has 2 aliphatic heterocycles. The summed E-state index contributed by atoms with van der Waals surface area (Å²) >= 11 is 0. The zero-order chi connectivity index (χ0) is 8.72. The van der Waals surface area contributed by atoms with E-state index in [1.807, 2.05) is 0 Å². The Morgan fingerprint density at radius 1 is 1.50 bits per heavy atom. The maximum Gasteiger partial charge on any atom is 0.322 e. The van der Waals surface area contributed by atoms with E-state index in [2.05, 4.69) is 0 Å². The Kier molecular flexibility index (Phi) is 1.72. The maximum atomic E-state index is 11.4. The first-order valence-corrected chi connectivity index (χ1v) is 4.43. The Morgan fingerprint density at radius 3 is 2.92 bits per heavy atom.